The second-order valence-electron chi connectivity index (χ2n) is 4.56. The number of thiazole rings is 1. The molecule has 0 bridgehead atoms. The number of aromatic nitrogens is 3. The van der Waals surface area contributed by atoms with Crippen molar-refractivity contribution in [3.63, 3.8) is 0 Å². The highest BCUT2D eigenvalue weighted by Gasteiger charge is 2.07. The molecule has 0 aliphatic heterocycles. The van der Waals surface area contributed by atoms with E-state index in [0.717, 1.165) is 26.5 Å². The van der Waals surface area contributed by atoms with Crippen molar-refractivity contribution >= 4 is 33.3 Å². The molecule has 0 aliphatic rings. The number of nitrogens with two attached hydrogens (primary N) is 1. The Morgan fingerprint density at radius 2 is 2.10 bits per heavy atom. The second-order valence-corrected chi connectivity index (χ2v) is 5.80. The van der Waals surface area contributed by atoms with Crippen LogP contribution < -0.4 is 11.1 Å². The monoisotopic (exact) mass is 301 g/mol. The Bertz CT molecular complexity index is 786. The number of hydrogen-bond acceptors (Lipinski definition) is 7. The van der Waals surface area contributed by atoms with Gasteiger partial charge in [-0.15, -0.1) is 11.3 Å². The van der Waals surface area contributed by atoms with E-state index in [4.69, 9.17) is 10.8 Å². The summed E-state index contributed by atoms with van der Waals surface area (Å²) >= 11 is 1.66. The van der Waals surface area contributed by atoms with E-state index in [-0.39, 0.29) is 12.6 Å². The Hall–Kier alpha value is -2.25. The largest absolute Gasteiger partial charge is 0.395 e. The first-order valence-electron chi connectivity index (χ1n) is 6.52. The number of benzene rings is 1. The Morgan fingerprint density at radius 1 is 1.24 bits per heavy atom. The summed E-state index contributed by atoms with van der Waals surface area (Å²) in [7, 11) is 0. The maximum absolute atomic E-state index is 8.86. The zero-order valence-electron chi connectivity index (χ0n) is 11.5. The molecule has 0 radical (unpaired) electrons. The average Bonchev–Trinajstić information content (AvgIpc) is 2.83. The lowest BCUT2D eigenvalue weighted by Gasteiger charge is -2.07. The summed E-state index contributed by atoms with van der Waals surface area (Å²) in [4.78, 5) is 12.8. The first-order valence-corrected chi connectivity index (χ1v) is 7.34. The van der Waals surface area contributed by atoms with Crippen molar-refractivity contribution in [2.24, 2.45) is 0 Å². The van der Waals surface area contributed by atoms with Crippen molar-refractivity contribution in [2.75, 3.05) is 24.2 Å². The van der Waals surface area contributed by atoms with Gasteiger partial charge in [0.2, 0.25) is 5.95 Å². The van der Waals surface area contributed by atoms with Crippen LogP contribution in [0.5, 0.6) is 0 Å². The van der Waals surface area contributed by atoms with Gasteiger partial charge in [-0.1, -0.05) is 6.07 Å². The van der Waals surface area contributed by atoms with Crippen molar-refractivity contribution in [1.82, 2.24) is 15.0 Å². The molecule has 0 fully saturated rings. The van der Waals surface area contributed by atoms with Gasteiger partial charge in [0.15, 0.2) is 0 Å². The van der Waals surface area contributed by atoms with Crippen LogP contribution in [0, 0.1) is 6.92 Å². The molecule has 1 aromatic carbocycles. The molecule has 108 valence electrons. The SMILES string of the molecule is Cc1nc2cc(-c3cc(NCCO)nc(N)n3)ccc2s1. The molecule has 0 spiro atoms. The molecule has 3 rings (SSSR count). The molecule has 6 nitrogen and oxygen atoms in total. The number of aryl methyl sites for hydroxylation is 1. The van der Waals surface area contributed by atoms with E-state index in [2.05, 4.69) is 20.3 Å². The Balaban J connectivity index is 2.02. The third kappa shape index (κ3) is 2.93. The molecule has 21 heavy (non-hydrogen) atoms. The molecule has 2 aromatic heterocycles. The average molecular weight is 301 g/mol. The predicted molar refractivity (Wildman–Crippen MR) is 85.4 cm³/mol. The molecule has 0 unspecified atom stereocenters. The van der Waals surface area contributed by atoms with Gasteiger partial charge >= 0.3 is 0 Å². The number of aliphatic hydroxyl groups excluding tert-OH is 1. The van der Waals surface area contributed by atoms with E-state index in [0.29, 0.717) is 12.4 Å². The third-order valence-corrected chi connectivity index (χ3v) is 3.90. The summed E-state index contributed by atoms with van der Waals surface area (Å²) in [5, 5.41) is 12.9. The van der Waals surface area contributed by atoms with Gasteiger partial charge in [-0.05, 0) is 19.1 Å². The summed E-state index contributed by atoms with van der Waals surface area (Å²) < 4.78 is 1.15. The molecular weight excluding hydrogens is 286 g/mol. The molecule has 0 saturated carbocycles. The van der Waals surface area contributed by atoms with Crippen LogP contribution in [0.25, 0.3) is 21.5 Å². The molecule has 7 heteroatoms. The zero-order chi connectivity index (χ0) is 14.8. The minimum atomic E-state index is 0.0311. The van der Waals surface area contributed by atoms with E-state index >= 15 is 0 Å². The van der Waals surface area contributed by atoms with Crippen LogP contribution in [0.1, 0.15) is 5.01 Å². The van der Waals surface area contributed by atoms with E-state index in [1.54, 1.807) is 11.3 Å². The first kappa shape index (κ1) is 13.7. The summed E-state index contributed by atoms with van der Waals surface area (Å²) in [5.74, 6) is 0.795. The smallest absolute Gasteiger partial charge is 0.222 e. The van der Waals surface area contributed by atoms with Gasteiger partial charge in [0.25, 0.3) is 0 Å². The highest BCUT2D eigenvalue weighted by molar-refractivity contribution is 7.18. The third-order valence-electron chi connectivity index (χ3n) is 2.95. The number of anilines is 2. The van der Waals surface area contributed by atoms with Crippen LogP contribution in [0.15, 0.2) is 24.3 Å². The fourth-order valence-corrected chi connectivity index (χ4v) is 2.90. The summed E-state index contributed by atoms with van der Waals surface area (Å²) in [5.41, 5.74) is 8.37. The lowest BCUT2D eigenvalue weighted by Crippen LogP contribution is -2.09. The predicted octanol–water partition coefficient (Wildman–Crippen LogP) is 2.05. The van der Waals surface area contributed by atoms with E-state index < -0.39 is 0 Å². The number of nitrogens with one attached hydrogen (secondary N) is 1. The summed E-state index contributed by atoms with van der Waals surface area (Å²) in [6, 6.07) is 7.84. The van der Waals surface area contributed by atoms with Crippen LogP contribution in [0.2, 0.25) is 0 Å². The van der Waals surface area contributed by atoms with Crippen LogP contribution in [-0.4, -0.2) is 33.2 Å². The topological polar surface area (TPSA) is 97.0 Å². The minimum absolute atomic E-state index is 0.0311. The van der Waals surface area contributed by atoms with Crippen molar-refractivity contribution in [3.8, 4) is 11.3 Å². The normalized spacial score (nSPS) is 11.0. The van der Waals surface area contributed by atoms with Crippen LogP contribution in [0.3, 0.4) is 0 Å². The lowest BCUT2D eigenvalue weighted by atomic mass is 10.1. The van der Waals surface area contributed by atoms with Crippen molar-refractivity contribution in [1.29, 1.82) is 0 Å². The fourth-order valence-electron chi connectivity index (χ4n) is 2.09. The number of fused-ring (bicyclic) bond motifs is 1. The van der Waals surface area contributed by atoms with Crippen LogP contribution >= 0.6 is 11.3 Å². The Kier molecular flexibility index (Phi) is 3.68. The number of nitrogens with zero attached hydrogens (tertiary/aromatic N) is 3. The lowest BCUT2D eigenvalue weighted by molar-refractivity contribution is 0.311. The van der Waals surface area contributed by atoms with Crippen LogP contribution in [-0.2, 0) is 0 Å². The molecule has 3 aromatic rings. The van der Waals surface area contributed by atoms with E-state index in [1.165, 1.54) is 0 Å². The highest BCUT2D eigenvalue weighted by atomic mass is 32.1. The number of rotatable bonds is 4. The number of nitrogen functional groups attached to an aromatic ring is 1. The molecule has 0 amide bonds. The fraction of sp³-hybridized carbons (Fsp3) is 0.214. The Morgan fingerprint density at radius 3 is 2.90 bits per heavy atom. The number of hydrogen-bond donors (Lipinski definition) is 3. The van der Waals surface area contributed by atoms with Crippen LogP contribution in [0.4, 0.5) is 11.8 Å². The van der Waals surface area contributed by atoms with Crippen molar-refractivity contribution < 1.29 is 5.11 Å². The molecule has 0 atom stereocenters. The van der Waals surface area contributed by atoms with Gasteiger partial charge in [-0.25, -0.2) is 9.97 Å². The molecule has 2 heterocycles. The maximum Gasteiger partial charge on any atom is 0.222 e. The standard InChI is InChI=1S/C14H15N5OS/c1-8-17-11-6-9(2-3-12(11)21-8)10-7-13(16-4-5-20)19-14(15)18-10/h2-3,6-7,20H,4-5H2,1H3,(H3,15,16,18,19). The zero-order valence-corrected chi connectivity index (χ0v) is 12.3. The minimum Gasteiger partial charge on any atom is -0.395 e. The first-order chi connectivity index (χ1) is 10.2. The Labute approximate surface area is 125 Å². The van der Waals surface area contributed by atoms with Gasteiger partial charge < -0.3 is 16.2 Å². The van der Waals surface area contributed by atoms with Crippen molar-refractivity contribution in [2.45, 2.75) is 6.92 Å². The maximum atomic E-state index is 8.86. The summed E-state index contributed by atoms with van der Waals surface area (Å²) in [6.07, 6.45) is 0. The summed E-state index contributed by atoms with van der Waals surface area (Å²) in [6.45, 7) is 2.44. The quantitative estimate of drug-likeness (QED) is 0.682. The second kappa shape index (κ2) is 5.63. The molecular formula is C14H15N5OS. The van der Waals surface area contributed by atoms with Gasteiger partial charge in [0.05, 0.1) is 27.5 Å². The molecule has 0 aliphatic carbocycles. The van der Waals surface area contributed by atoms with E-state index in [9.17, 15) is 0 Å². The van der Waals surface area contributed by atoms with Crippen molar-refractivity contribution in [3.05, 3.63) is 29.3 Å². The van der Waals surface area contributed by atoms with Gasteiger partial charge in [0.1, 0.15) is 5.82 Å². The number of aliphatic hydroxyl groups is 1. The van der Waals surface area contributed by atoms with Gasteiger partial charge in [-0.2, -0.15) is 4.98 Å². The molecule has 0 saturated heterocycles. The van der Waals surface area contributed by atoms with Gasteiger partial charge in [0, 0.05) is 18.2 Å². The molecule has 4 N–H and O–H groups in total. The highest BCUT2D eigenvalue weighted by Crippen LogP contribution is 2.27. The van der Waals surface area contributed by atoms with Gasteiger partial charge in [-0.3, -0.25) is 0 Å². The van der Waals surface area contributed by atoms with E-state index in [1.807, 2.05) is 31.2 Å².